The summed E-state index contributed by atoms with van der Waals surface area (Å²) in [6.07, 6.45) is 0.646. The number of aliphatic imine (C=N–C) groups is 1. The van der Waals surface area contributed by atoms with Crippen LogP contribution in [0.5, 0.6) is 0 Å². The zero-order valence-electron chi connectivity index (χ0n) is 41.0. The number of nitrogens with zero attached hydrogens (tertiary/aromatic N) is 4. The van der Waals surface area contributed by atoms with Crippen LogP contribution >= 0.6 is 0 Å². The van der Waals surface area contributed by atoms with Crippen molar-refractivity contribution in [3.05, 3.63) is 183 Å². The number of rotatable bonds is 4. The lowest BCUT2D eigenvalue weighted by Crippen LogP contribution is -2.39. The van der Waals surface area contributed by atoms with Gasteiger partial charge in [-0.25, -0.2) is 9.98 Å². The molecule has 64 heavy (non-hydrogen) atoms. The lowest BCUT2D eigenvalue weighted by Gasteiger charge is -2.42. The number of fused-ring (bicyclic) bond motifs is 8. The van der Waals surface area contributed by atoms with E-state index in [1.54, 1.807) is 0 Å². The number of hydrogen-bond donors (Lipinski definition) is 0. The number of para-hydroxylation sites is 1. The largest absolute Gasteiger partial charge is 0.464 e. The van der Waals surface area contributed by atoms with Crippen LogP contribution in [-0.2, 0) is 27.5 Å². The highest BCUT2D eigenvalue weighted by Gasteiger charge is 2.48. The topological polar surface area (TPSA) is 42.7 Å². The Morgan fingerprint density at radius 3 is 2.20 bits per heavy atom. The Kier molecular flexibility index (Phi) is 8.33. The van der Waals surface area contributed by atoms with Crippen molar-refractivity contribution in [3.63, 3.8) is 0 Å². The molecule has 1 aliphatic carbocycles. The van der Waals surface area contributed by atoms with Crippen molar-refractivity contribution in [2.45, 2.75) is 111 Å². The predicted molar refractivity (Wildman–Crippen MR) is 267 cm³/mol. The first-order valence-electron chi connectivity index (χ1n) is 23.8. The fourth-order valence-corrected chi connectivity index (χ4v) is 11.1. The van der Waals surface area contributed by atoms with E-state index in [2.05, 4.69) is 194 Å². The van der Waals surface area contributed by atoms with Crippen molar-refractivity contribution in [2.75, 3.05) is 4.90 Å². The molecule has 0 saturated carbocycles. The normalized spacial score (nSPS) is 19.9. The SMILES string of the molecule is [2H]C1([2H])C[C@H]2N=C(c3cc(-c4c(C)cccc4C)cc(N4c5ccccc5C(C)(C)c5cc6c7cc(C)ccc7n(-c7cc(C(C)(C)C)ccn7)c6cc54)c3)O[C@@]2(C)c2cc(C)cc(C)c21. The number of aryl methyl sites for hydroxylation is 5. The van der Waals surface area contributed by atoms with E-state index in [-0.39, 0.29) is 17.3 Å². The predicted octanol–water partition coefficient (Wildman–Crippen LogP) is 14.8. The van der Waals surface area contributed by atoms with Crippen molar-refractivity contribution in [1.82, 2.24) is 9.55 Å². The summed E-state index contributed by atoms with van der Waals surface area (Å²) >= 11 is 0. The van der Waals surface area contributed by atoms with E-state index in [1.165, 1.54) is 49.7 Å². The molecule has 4 heterocycles. The van der Waals surface area contributed by atoms with Crippen LogP contribution < -0.4 is 4.90 Å². The van der Waals surface area contributed by atoms with E-state index in [4.69, 9.17) is 14.7 Å². The molecule has 2 aliphatic heterocycles. The van der Waals surface area contributed by atoms with Crippen LogP contribution in [0.1, 0.15) is 112 Å². The first-order valence-corrected chi connectivity index (χ1v) is 22.8. The Hall–Kier alpha value is -6.46. The van der Waals surface area contributed by atoms with E-state index < -0.39 is 18.0 Å². The van der Waals surface area contributed by atoms with E-state index in [0.717, 1.165) is 67.3 Å². The molecule has 0 spiro atoms. The standard InChI is InChI=1S/C59H58N4O/c1-34-19-21-49-44(26-34)45-32-48-52(33-51(45)63(49)54-31-41(23-24-60-54)57(6,7)8)62(50-18-13-12-17-46(50)58(48,9)10)42-29-39(55-36(3)15-14-16-37(55)4)28-40(30-42)56-61-53-22-20-43-38(5)25-35(2)27-47(43)59(53,11)64-56/h12-19,21,23-33,53H,20,22H2,1-11H3/t53-,59+/m1/s1/i20D2. The summed E-state index contributed by atoms with van der Waals surface area (Å²) in [5, 5.41) is 2.40. The minimum Gasteiger partial charge on any atom is -0.464 e. The monoisotopic (exact) mass is 840 g/mol. The Morgan fingerprint density at radius 2 is 1.42 bits per heavy atom. The van der Waals surface area contributed by atoms with Crippen LogP contribution in [0.25, 0.3) is 38.8 Å². The molecule has 0 radical (unpaired) electrons. The number of pyridine rings is 1. The Bertz CT molecular complexity index is 3380. The average molecular weight is 841 g/mol. The summed E-state index contributed by atoms with van der Waals surface area (Å²) in [5.74, 6) is 1.44. The third-order valence-corrected chi connectivity index (χ3v) is 14.5. The van der Waals surface area contributed by atoms with Gasteiger partial charge in [-0.05, 0) is 170 Å². The first kappa shape index (κ1) is 38.0. The summed E-state index contributed by atoms with van der Waals surface area (Å²) in [4.78, 5) is 12.9. The van der Waals surface area contributed by atoms with Crippen LogP contribution in [0.3, 0.4) is 0 Å². The highest BCUT2D eigenvalue weighted by atomic mass is 16.5. The second-order valence-corrected chi connectivity index (χ2v) is 20.5. The molecule has 2 atom stereocenters. The zero-order valence-corrected chi connectivity index (χ0v) is 39.0. The van der Waals surface area contributed by atoms with Crippen molar-refractivity contribution < 1.29 is 7.48 Å². The van der Waals surface area contributed by atoms with E-state index >= 15 is 0 Å². The fourth-order valence-electron chi connectivity index (χ4n) is 11.1. The van der Waals surface area contributed by atoms with Crippen LogP contribution in [0, 0.1) is 34.6 Å². The Morgan fingerprint density at radius 1 is 0.672 bits per heavy atom. The van der Waals surface area contributed by atoms with Gasteiger partial charge in [0.05, 0.1) is 28.5 Å². The van der Waals surface area contributed by atoms with Crippen molar-refractivity contribution >= 4 is 44.8 Å². The molecule has 0 amide bonds. The minimum atomic E-state index is -1.55. The third-order valence-electron chi connectivity index (χ3n) is 14.5. The summed E-state index contributed by atoms with van der Waals surface area (Å²) in [5.41, 5.74) is 18.3. The van der Waals surface area contributed by atoms with Crippen molar-refractivity contribution in [2.24, 2.45) is 4.99 Å². The molecule has 5 heteroatoms. The average Bonchev–Trinajstić information content (AvgIpc) is 3.76. The molecule has 5 nitrogen and oxygen atoms in total. The molecule has 0 bridgehead atoms. The molecule has 8 aromatic rings. The van der Waals surface area contributed by atoms with Gasteiger partial charge in [0, 0.05) is 41.9 Å². The number of ether oxygens (including phenoxy) is 1. The van der Waals surface area contributed by atoms with Gasteiger partial charge in [-0.3, -0.25) is 4.57 Å². The molecule has 0 fully saturated rings. The van der Waals surface area contributed by atoms with Crippen LogP contribution in [0.2, 0.25) is 0 Å². The second kappa shape index (κ2) is 14.0. The summed E-state index contributed by atoms with van der Waals surface area (Å²) in [7, 11) is 0. The first-order chi connectivity index (χ1) is 31.2. The van der Waals surface area contributed by atoms with Crippen molar-refractivity contribution in [3.8, 4) is 16.9 Å². The number of anilines is 3. The van der Waals surface area contributed by atoms with Crippen LogP contribution in [-0.4, -0.2) is 21.5 Å². The highest BCUT2D eigenvalue weighted by Crippen LogP contribution is 2.55. The molecule has 2 aromatic heterocycles. The maximum Gasteiger partial charge on any atom is 0.217 e. The smallest absolute Gasteiger partial charge is 0.217 e. The number of benzene rings is 6. The lowest BCUT2D eigenvalue weighted by molar-refractivity contribution is 0.0634. The van der Waals surface area contributed by atoms with E-state index in [1.807, 2.05) is 13.1 Å². The van der Waals surface area contributed by atoms with Gasteiger partial charge in [-0.15, -0.1) is 0 Å². The Labute approximate surface area is 381 Å². The lowest BCUT2D eigenvalue weighted by atomic mass is 9.73. The van der Waals surface area contributed by atoms with E-state index in [9.17, 15) is 2.74 Å². The van der Waals surface area contributed by atoms with Gasteiger partial charge in [0.2, 0.25) is 5.90 Å². The van der Waals surface area contributed by atoms with Gasteiger partial charge in [-0.2, -0.15) is 0 Å². The molecular weight excluding hydrogens is 781 g/mol. The number of hydrogen-bond acceptors (Lipinski definition) is 4. The van der Waals surface area contributed by atoms with Gasteiger partial charge in [0.25, 0.3) is 0 Å². The maximum absolute atomic E-state index is 9.30. The molecule has 0 unspecified atom stereocenters. The van der Waals surface area contributed by atoms with E-state index in [0.29, 0.717) is 5.90 Å². The van der Waals surface area contributed by atoms with Gasteiger partial charge >= 0.3 is 0 Å². The van der Waals surface area contributed by atoms with Crippen LogP contribution in [0.15, 0.2) is 126 Å². The molecule has 3 aliphatic rings. The molecule has 0 saturated heterocycles. The fraction of sp³-hybridized carbons (Fsp3) is 0.288. The van der Waals surface area contributed by atoms with Crippen LogP contribution in [0.4, 0.5) is 17.1 Å². The number of aromatic nitrogens is 2. The quantitative estimate of drug-likeness (QED) is 0.177. The second-order valence-electron chi connectivity index (χ2n) is 20.5. The zero-order chi connectivity index (χ0) is 46.4. The van der Waals surface area contributed by atoms with Gasteiger partial charge in [-0.1, -0.05) is 100 Å². The van der Waals surface area contributed by atoms with Gasteiger partial charge in [0.15, 0.2) is 5.60 Å². The van der Waals surface area contributed by atoms with Gasteiger partial charge < -0.3 is 9.64 Å². The molecule has 0 N–H and O–H groups in total. The molecular formula is C59H58N4O. The molecule has 320 valence electrons. The third kappa shape index (κ3) is 6.03. The van der Waals surface area contributed by atoms with Gasteiger partial charge in [0.1, 0.15) is 5.82 Å². The minimum absolute atomic E-state index is 0.0513. The summed E-state index contributed by atoms with van der Waals surface area (Å²) in [6, 6.07) is 42.0. The molecule has 6 aromatic carbocycles. The maximum atomic E-state index is 9.30. The molecule has 11 rings (SSSR count). The van der Waals surface area contributed by atoms with Crippen molar-refractivity contribution in [1.29, 1.82) is 0 Å². The summed E-state index contributed by atoms with van der Waals surface area (Å²) < 4.78 is 28.1. The Balaban J connectivity index is 1.18. The highest BCUT2D eigenvalue weighted by molar-refractivity contribution is 6.12. The summed E-state index contributed by atoms with van der Waals surface area (Å²) in [6.45, 7) is 24.2.